The van der Waals surface area contributed by atoms with Crippen molar-refractivity contribution in [2.45, 2.75) is 5.75 Å². The highest BCUT2D eigenvalue weighted by Gasteiger charge is 2.05. The lowest BCUT2D eigenvalue weighted by Gasteiger charge is -1.90. The van der Waals surface area contributed by atoms with Crippen LogP contribution in [0.4, 0.5) is 0 Å². The van der Waals surface area contributed by atoms with Gasteiger partial charge in [0, 0.05) is 12.4 Å². The molecule has 0 spiro atoms. The lowest BCUT2D eigenvalue weighted by molar-refractivity contribution is 0.596. The molecule has 1 aromatic heterocycles. The van der Waals surface area contributed by atoms with Crippen LogP contribution in [0.2, 0.25) is 0 Å². The summed E-state index contributed by atoms with van der Waals surface area (Å²) in [7, 11) is -3.44. The highest BCUT2D eigenvalue weighted by atomic mass is 32.2. The molecule has 1 rings (SSSR count). The number of H-pyrrole nitrogens is 1. The van der Waals surface area contributed by atoms with Gasteiger partial charge in [-0.2, -0.15) is 0 Å². The fraction of sp³-hybridized carbons (Fsp3) is 0.250. The largest absolute Gasteiger partial charge is 0.348 e. The van der Waals surface area contributed by atoms with Gasteiger partial charge in [-0.25, -0.2) is 18.5 Å². The zero-order valence-electron chi connectivity index (χ0n) is 5.11. The zero-order valence-corrected chi connectivity index (χ0v) is 5.93. The number of primary sulfonamides is 1. The highest BCUT2D eigenvalue weighted by Crippen LogP contribution is 1.92. The van der Waals surface area contributed by atoms with Gasteiger partial charge in [-0.3, -0.25) is 0 Å². The van der Waals surface area contributed by atoms with Crippen molar-refractivity contribution < 1.29 is 8.42 Å². The Labute approximate surface area is 58.3 Å². The summed E-state index contributed by atoms with van der Waals surface area (Å²) in [5.74, 6) is 0.127. The number of nitrogens with one attached hydrogen (secondary N) is 1. The van der Waals surface area contributed by atoms with Gasteiger partial charge >= 0.3 is 0 Å². The maximum Gasteiger partial charge on any atom is 0.216 e. The molecule has 0 saturated carbocycles. The topological polar surface area (TPSA) is 88.8 Å². The molecule has 0 saturated heterocycles. The second kappa shape index (κ2) is 2.39. The van der Waals surface area contributed by atoms with Crippen LogP contribution in [0.15, 0.2) is 12.4 Å². The molecule has 0 fully saturated rings. The van der Waals surface area contributed by atoms with Gasteiger partial charge in [0.25, 0.3) is 0 Å². The first-order valence-electron chi connectivity index (χ1n) is 2.57. The number of hydrogen-bond donors (Lipinski definition) is 2. The van der Waals surface area contributed by atoms with Crippen LogP contribution < -0.4 is 5.14 Å². The molecule has 0 amide bonds. The Bertz CT molecular complexity index is 288. The molecule has 1 heterocycles. The van der Waals surface area contributed by atoms with E-state index in [1.165, 1.54) is 6.20 Å². The minimum absolute atomic E-state index is 0.236. The number of aromatic nitrogens is 2. The van der Waals surface area contributed by atoms with Crippen molar-refractivity contribution in [1.82, 2.24) is 9.97 Å². The standard InChI is InChI=1S/C4H7N3O2S/c5-10(8,9)3-4-6-1-2-7-4/h1-2H,3H2,(H,6,7)(H2,5,8,9). The van der Waals surface area contributed by atoms with Gasteiger partial charge in [0.1, 0.15) is 11.6 Å². The molecule has 0 atom stereocenters. The molecule has 0 radical (unpaired) electrons. The van der Waals surface area contributed by atoms with E-state index in [1.54, 1.807) is 6.20 Å². The maximum atomic E-state index is 10.4. The molecule has 5 nitrogen and oxygen atoms in total. The summed E-state index contributed by atoms with van der Waals surface area (Å²) in [5.41, 5.74) is 0. The zero-order chi connectivity index (χ0) is 7.61. The minimum Gasteiger partial charge on any atom is -0.348 e. The molecule has 0 bridgehead atoms. The van der Waals surface area contributed by atoms with Crippen LogP contribution in [0.25, 0.3) is 0 Å². The van der Waals surface area contributed by atoms with Gasteiger partial charge in [0.15, 0.2) is 0 Å². The van der Waals surface area contributed by atoms with E-state index in [2.05, 4.69) is 9.97 Å². The average molecular weight is 161 g/mol. The Morgan fingerprint density at radius 2 is 2.40 bits per heavy atom. The Hall–Kier alpha value is -0.880. The molecule has 3 N–H and O–H groups in total. The lowest BCUT2D eigenvalue weighted by atomic mass is 10.7. The van der Waals surface area contributed by atoms with Crippen molar-refractivity contribution in [2.24, 2.45) is 5.14 Å². The molecular weight excluding hydrogens is 154 g/mol. The summed E-state index contributed by atoms with van der Waals surface area (Å²) in [6.07, 6.45) is 3.01. The van der Waals surface area contributed by atoms with E-state index in [-0.39, 0.29) is 5.75 Å². The summed E-state index contributed by atoms with van der Waals surface area (Å²) in [5, 5.41) is 4.74. The molecule has 0 aliphatic heterocycles. The van der Waals surface area contributed by atoms with Crippen molar-refractivity contribution in [3.63, 3.8) is 0 Å². The van der Waals surface area contributed by atoms with Crippen LogP contribution in [-0.4, -0.2) is 18.4 Å². The second-order valence-electron chi connectivity index (χ2n) is 1.84. The van der Waals surface area contributed by atoms with Gasteiger partial charge in [-0.05, 0) is 0 Å². The van der Waals surface area contributed by atoms with Crippen LogP contribution in [-0.2, 0) is 15.8 Å². The third kappa shape index (κ3) is 2.16. The van der Waals surface area contributed by atoms with Crippen molar-refractivity contribution in [3.8, 4) is 0 Å². The quantitative estimate of drug-likeness (QED) is 0.595. The number of hydrogen-bond acceptors (Lipinski definition) is 3. The van der Waals surface area contributed by atoms with E-state index in [4.69, 9.17) is 5.14 Å². The van der Waals surface area contributed by atoms with Crippen LogP contribution in [0.5, 0.6) is 0 Å². The van der Waals surface area contributed by atoms with E-state index in [0.717, 1.165) is 0 Å². The van der Waals surface area contributed by atoms with Crippen LogP contribution in [0.1, 0.15) is 5.82 Å². The van der Waals surface area contributed by atoms with Gasteiger partial charge in [0.2, 0.25) is 10.0 Å². The predicted molar refractivity (Wildman–Crippen MR) is 35.4 cm³/mol. The Balaban J connectivity index is 2.75. The molecule has 1 aromatic rings. The molecule has 0 aliphatic carbocycles. The number of rotatable bonds is 2. The first-order valence-corrected chi connectivity index (χ1v) is 4.28. The normalized spacial score (nSPS) is 11.7. The smallest absolute Gasteiger partial charge is 0.216 e. The van der Waals surface area contributed by atoms with Crippen LogP contribution in [0.3, 0.4) is 0 Å². The second-order valence-corrected chi connectivity index (χ2v) is 3.46. The fourth-order valence-electron chi connectivity index (χ4n) is 0.567. The van der Waals surface area contributed by atoms with Gasteiger partial charge < -0.3 is 4.98 Å². The SMILES string of the molecule is NS(=O)(=O)Cc1ncc[nH]1. The summed E-state index contributed by atoms with van der Waals surface area (Å²) in [4.78, 5) is 6.31. The predicted octanol–water partition coefficient (Wildman–Crippen LogP) is -0.802. The van der Waals surface area contributed by atoms with Crippen molar-refractivity contribution in [3.05, 3.63) is 18.2 Å². The molecule has 0 unspecified atom stereocenters. The minimum atomic E-state index is -3.44. The molecular formula is C4H7N3O2S. The first-order chi connectivity index (χ1) is 4.58. The van der Waals surface area contributed by atoms with Gasteiger partial charge in [0.05, 0.1) is 0 Å². The molecule has 6 heteroatoms. The number of nitrogens with two attached hydrogens (primary N) is 1. The number of sulfonamides is 1. The van der Waals surface area contributed by atoms with E-state index in [0.29, 0.717) is 5.82 Å². The first kappa shape index (κ1) is 7.23. The number of imidazole rings is 1. The Kier molecular flexibility index (Phi) is 1.73. The monoisotopic (exact) mass is 161 g/mol. The van der Waals surface area contributed by atoms with Gasteiger partial charge in [-0.15, -0.1) is 0 Å². The number of aromatic amines is 1. The van der Waals surface area contributed by atoms with Crippen LogP contribution in [0, 0.1) is 0 Å². The van der Waals surface area contributed by atoms with E-state index in [1.807, 2.05) is 0 Å². The molecule has 0 aromatic carbocycles. The summed E-state index contributed by atoms with van der Waals surface area (Å²) in [6.45, 7) is 0. The maximum absolute atomic E-state index is 10.4. The van der Waals surface area contributed by atoms with Crippen molar-refractivity contribution >= 4 is 10.0 Å². The third-order valence-corrected chi connectivity index (χ3v) is 1.57. The number of nitrogens with zero attached hydrogens (tertiary/aromatic N) is 1. The van der Waals surface area contributed by atoms with E-state index in [9.17, 15) is 8.42 Å². The molecule has 10 heavy (non-hydrogen) atoms. The van der Waals surface area contributed by atoms with E-state index < -0.39 is 10.0 Å². The summed E-state index contributed by atoms with van der Waals surface area (Å²) in [6, 6.07) is 0. The van der Waals surface area contributed by atoms with Crippen molar-refractivity contribution in [1.29, 1.82) is 0 Å². The fourth-order valence-corrected chi connectivity index (χ4v) is 1.11. The van der Waals surface area contributed by atoms with Crippen molar-refractivity contribution in [2.75, 3.05) is 0 Å². The highest BCUT2D eigenvalue weighted by molar-refractivity contribution is 7.88. The molecule has 56 valence electrons. The van der Waals surface area contributed by atoms with Gasteiger partial charge in [-0.1, -0.05) is 0 Å². The molecule has 0 aliphatic rings. The summed E-state index contributed by atoms with van der Waals surface area (Å²) < 4.78 is 20.8. The summed E-state index contributed by atoms with van der Waals surface area (Å²) >= 11 is 0. The Morgan fingerprint density at radius 1 is 1.70 bits per heavy atom. The Morgan fingerprint density at radius 3 is 2.80 bits per heavy atom. The average Bonchev–Trinajstić information content (AvgIpc) is 2.12. The van der Waals surface area contributed by atoms with E-state index >= 15 is 0 Å². The third-order valence-electron chi connectivity index (χ3n) is 0.893. The lowest BCUT2D eigenvalue weighted by Crippen LogP contribution is -2.15. The van der Waals surface area contributed by atoms with Crippen LogP contribution >= 0.6 is 0 Å².